The van der Waals surface area contributed by atoms with Gasteiger partial charge in [-0.3, -0.25) is 38.4 Å². The van der Waals surface area contributed by atoms with Gasteiger partial charge in [-0.25, -0.2) is 14.2 Å². The Kier molecular flexibility index (Phi) is 25.2. The zero-order chi connectivity index (χ0) is 64.0. The number of aryl methyl sites for hydroxylation is 1. The summed E-state index contributed by atoms with van der Waals surface area (Å²) in [7, 11) is 0. The Labute approximate surface area is 519 Å². The normalized spacial score (nSPS) is 17.4. The molecule has 0 bridgehead atoms. The number of pyridine rings is 2. The number of carbonyl (C=O) groups excluding carboxylic acids is 8. The lowest BCUT2D eigenvalue weighted by Crippen LogP contribution is -2.52. The van der Waals surface area contributed by atoms with Gasteiger partial charge in [0.2, 0.25) is 41.4 Å². The van der Waals surface area contributed by atoms with Gasteiger partial charge in [0.25, 0.3) is 5.56 Å². The second-order valence-electron chi connectivity index (χ2n) is 21.9. The number of rotatable bonds is 34. The molecule has 484 valence electrons. The van der Waals surface area contributed by atoms with Crippen LogP contribution in [0.2, 0.25) is 0 Å². The monoisotopic (exact) mass is 1250 g/mol. The molecule has 8 rings (SSSR count). The van der Waals surface area contributed by atoms with Crippen LogP contribution in [-0.4, -0.2) is 173 Å². The van der Waals surface area contributed by atoms with Crippen LogP contribution in [0.5, 0.6) is 0 Å². The first kappa shape index (κ1) is 67.7. The quantitative estimate of drug-likeness (QED) is 0.0122. The van der Waals surface area contributed by atoms with E-state index in [1.807, 2.05) is 0 Å². The van der Waals surface area contributed by atoms with Crippen molar-refractivity contribution in [1.29, 1.82) is 0 Å². The Morgan fingerprint density at radius 3 is 2.22 bits per heavy atom. The van der Waals surface area contributed by atoms with Gasteiger partial charge in [0, 0.05) is 48.4 Å². The van der Waals surface area contributed by atoms with Crippen molar-refractivity contribution in [3.8, 4) is 23.2 Å². The SMILES string of the molecule is CC[C@@]1(O)C(=O)OCc2c1cc1n(c2=O)Cc2c-1nc1cc(F)c(C)c3c1c2[C@@H](NC(=O)COCNC(=O)CNC(=O)[C@H](Cc1ccccc1)NC(=O)CNC(=O)CNC(=O)CCOCCOCCOCCOCCNC(=O)COC1C#CCCCCC1)CC3. The van der Waals surface area contributed by atoms with E-state index in [-0.39, 0.29) is 82.0 Å². The summed E-state index contributed by atoms with van der Waals surface area (Å²) in [5.74, 6) is 0.831. The van der Waals surface area contributed by atoms with E-state index in [1.54, 1.807) is 50.2 Å². The lowest BCUT2D eigenvalue weighted by atomic mass is 9.81. The number of nitrogens with one attached hydrogen (secondary N) is 7. The summed E-state index contributed by atoms with van der Waals surface area (Å²) in [5.41, 5.74) is 1.83. The minimum Gasteiger partial charge on any atom is -0.458 e. The summed E-state index contributed by atoms with van der Waals surface area (Å²) in [5, 5.41) is 30.2. The summed E-state index contributed by atoms with van der Waals surface area (Å²) < 4.78 is 55.1. The maximum atomic E-state index is 15.4. The van der Waals surface area contributed by atoms with Crippen molar-refractivity contribution >= 4 is 58.2 Å². The van der Waals surface area contributed by atoms with E-state index in [2.05, 4.69) is 49.1 Å². The van der Waals surface area contributed by atoms with E-state index in [0.717, 1.165) is 37.7 Å². The lowest BCUT2D eigenvalue weighted by molar-refractivity contribution is -0.172. The third-order valence-electron chi connectivity index (χ3n) is 15.7. The highest BCUT2D eigenvalue weighted by atomic mass is 19.1. The van der Waals surface area contributed by atoms with Gasteiger partial charge in [0.1, 0.15) is 44.5 Å². The maximum Gasteiger partial charge on any atom is 0.343 e. The molecule has 0 saturated carbocycles. The summed E-state index contributed by atoms with van der Waals surface area (Å²) >= 11 is 0. The first-order chi connectivity index (χ1) is 43.5. The molecule has 0 fully saturated rings. The molecule has 26 nitrogen and oxygen atoms in total. The largest absolute Gasteiger partial charge is 0.458 e. The number of esters is 1. The smallest absolute Gasteiger partial charge is 0.343 e. The van der Waals surface area contributed by atoms with Crippen molar-refractivity contribution < 1.29 is 81.0 Å². The van der Waals surface area contributed by atoms with Crippen molar-refractivity contribution in [3.05, 3.63) is 97.6 Å². The fourth-order valence-electron chi connectivity index (χ4n) is 10.9. The second-order valence-corrected chi connectivity index (χ2v) is 21.9. The number of fused-ring (bicyclic) bond motifs is 5. The van der Waals surface area contributed by atoms with Crippen LogP contribution in [-0.2, 0) is 103 Å². The highest BCUT2D eigenvalue weighted by molar-refractivity contribution is 5.95. The molecule has 2 aliphatic heterocycles. The van der Waals surface area contributed by atoms with Gasteiger partial charge < -0.3 is 80.0 Å². The van der Waals surface area contributed by atoms with Gasteiger partial charge in [0.15, 0.2) is 5.60 Å². The fraction of sp³-hybridized carbons (Fsp3) is 0.524. The van der Waals surface area contributed by atoms with Gasteiger partial charge in [-0.05, 0) is 73.8 Å². The van der Waals surface area contributed by atoms with Crippen molar-refractivity contribution in [2.75, 3.05) is 99.0 Å². The molecule has 7 amide bonds. The number of hydrogen-bond donors (Lipinski definition) is 8. The van der Waals surface area contributed by atoms with Crippen LogP contribution >= 0.6 is 0 Å². The Hall–Kier alpha value is -8.23. The molecular weight excluding hydrogens is 1170 g/mol. The number of benzene rings is 2. The minimum absolute atomic E-state index is 0.0335. The average Bonchev–Trinajstić information content (AvgIpc) is 1.48. The van der Waals surface area contributed by atoms with Crippen molar-refractivity contribution in [1.82, 2.24) is 46.8 Å². The molecule has 4 heterocycles. The third-order valence-corrected chi connectivity index (χ3v) is 15.7. The molecule has 4 aromatic rings. The van der Waals surface area contributed by atoms with Crippen LogP contribution in [0, 0.1) is 24.6 Å². The molecule has 8 N–H and O–H groups in total. The second kappa shape index (κ2) is 33.6. The Bertz CT molecular complexity index is 3390. The molecule has 2 aliphatic carbocycles. The molecule has 90 heavy (non-hydrogen) atoms. The van der Waals surface area contributed by atoms with Gasteiger partial charge in [-0.15, -0.1) is 5.92 Å². The Morgan fingerprint density at radius 1 is 0.767 bits per heavy atom. The number of halogens is 1. The number of nitrogens with zero attached hydrogens (tertiary/aromatic N) is 2. The first-order valence-corrected chi connectivity index (χ1v) is 30.3. The zero-order valence-corrected chi connectivity index (χ0v) is 50.6. The molecule has 2 aromatic carbocycles. The molecule has 27 heteroatoms. The molecule has 2 aromatic heterocycles. The minimum atomic E-state index is -2.06. The number of carbonyl (C=O) groups is 8. The van der Waals surface area contributed by atoms with Crippen LogP contribution in [0.1, 0.15) is 103 Å². The van der Waals surface area contributed by atoms with Crippen LogP contribution in [0.4, 0.5) is 4.39 Å². The van der Waals surface area contributed by atoms with E-state index in [1.165, 1.54) is 10.6 Å². The number of cyclic esters (lactones) is 1. The standard InChI is InChI=1S/C63H78FN9O17/c1-3-63(83)45-29-50-59-43(34-73(50)61(81)44(45)35-90-62(63)82)58-47(17-16-42-39(2)46(64)30-48(72-59)57(42)58)70-56(79)36-88-38-69-53(76)32-68-60(80)49(28-40-12-8-7-9-13-40)71-54(77)33-67-52(75)31-66-51(74)18-20-84-22-24-86-26-27-87-25-23-85-21-19-65-55(78)37-89-41-14-10-5-4-6-11-15-41/h7-9,12-13,29-30,41,47,49,83H,3-6,10,14,16-28,31-38H2,1-2H3,(H,65,78)(H,66,74)(H,67,75)(H,68,80)(H,69,76)(H,70,79)(H,71,77)/t41?,47-,49-,63-/m0/s1. The number of aliphatic hydroxyl groups is 1. The predicted molar refractivity (Wildman–Crippen MR) is 320 cm³/mol. The van der Waals surface area contributed by atoms with E-state index in [0.29, 0.717) is 97.0 Å². The summed E-state index contributed by atoms with van der Waals surface area (Å²) in [4.78, 5) is 121. The third kappa shape index (κ3) is 18.5. The lowest BCUT2D eigenvalue weighted by Gasteiger charge is -2.31. The molecule has 4 atom stereocenters. The Balaban J connectivity index is 0.685. The first-order valence-electron chi connectivity index (χ1n) is 30.3. The fourth-order valence-corrected chi connectivity index (χ4v) is 10.9. The van der Waals surface area contributed by atoms with E-state index in [4.69, 9.17) is 38.1 Å². The van der Waals surface area contributed by atoms with Crippen molar-refractivity contribution in [2.24, 2.45) is 0 Å². The maximum absolute atomic E-state index is 15.4. The van der Waals surface area contributed by atoms with Crippen molar-refractivity contribution in [2.45, 2.75) is 115 Å². The van der Waals surface area contributed by atoms with Crippen LogP contribution < -0.4 is 42.8 Å². The number of aromatic nitrogens is 2. The molecular formula is C63H78FN9O17. The summed E-state index contributed by atoms with van der Waals surface area (Å²) in [6.07, 6.45) is 5.49. The van der Waals surface area contributed by atoms with Gasteiger partial charge in [-0.2, -0.15) is 0 Å². The summed E-state index contributed by atoms with van der Waals surface area (Å²) in [6, 6.07) is 9.84. The van der Waals surface area contributed by atoms with Gasteiger partial charge in [0.05, 0.1) is 108 Å². The highest BCUT2D eigenvalue weighted by Crippen LogP contribution is 2.46. The molecule has 0 spiro atoms. The zero-order valence-electron chi connectivity index (χ0n) is 50.6. The predicted octanol–water partition coefficient (Wildman–Crippen LogP) is 0.722. The van der Waals surface area contributed by atoms with Crippen LogP contribution in [0.15, 0.2) is 47.3 Å². The van der Waals surface area contributed by atoms with E-state index in [9.17, 15) is 48.3 Å². The molecule has 0 radical (unpaired) electrons. The average molecular weight is 1250 g/mol. The van der Waals surface area contributed by atoms with Gasteiger partial charge in [-0.1, -0.05) is 49.6 Å². The van der Waals surface area contributed by atoms with Crippen LogP contribution in [0.25, 0.3) is 22.3 Å². The molecule has 1 unspecified atom stereocenters. The molecule has 0 saturated heterocycles. The van der Waals surface area contributed by atoms with E-state index < -0.39 is 103 Å². The highest BCUT2D eigenvalue weighted by Gasteiger charge is 2.46. The number of hydrogen-bond acceptors (Lipinski definition) is 18. The van der Waals surface area contributed by atoms with Gasteiger partial charge >= 0.3 is 5.97 Å². The van der Waals surface area contributed by atoms with Crippen molar-refractivity contribution in [3.63, 3.8) is 0 Å². The van der Waals surface area contributed by atoms with E-state index >= 15 is 4.39 Å². The summed E-state index contributed by atoms with van der Waals surface area (Å²) in [6.45, 7) is 3.16. The number of amides is 7. The number of ether oxygens (including phenoxy) is 7. The van der Waals surface area contributed by atoms with Crippen LogP contribution in [0.3, 0.4) is 0 Å². The topological polar surface area (TPSA) is 341 Å². The Morgan fingerprint density at radius 2 is 1.47 bits per heavy atom. The molecule has 4 aliphatic rings.